The number of rotatable bonds is 4. The quantitative estimate of drug-likeness (QED) is 0.702. The van der Waals surface area contributed by atoms with Gasteiger partial charge in [0.05, 0.1) is 12.2 Å². The zero-order valence-corrected chi connectivity index (χ0v) is 9.92. The minimum atomic E-state index is -0.430. The topological polar surface area (TPSA) is 29.5 Å². The van der Waals surface area contributed by atoms with Crippen LogP contribution in [0, 0.1) is 17.3 Å². The van der Waals surface area contributed by atoms with Gasteiger partial charge >= 0.3 is 0 Å². The summed E-state index contributed by atoms with van der Waals surface area (Å²) in [6.45, 7) is 8.01. The van der Waals surface area contributed by atoms with E-state index in [1.807, 2.05) is 6.92 Å². The fraction of sp³-hybridized carbons (Fsp3) is 0.833. The smallest absolute Gasteiger partial charge is 0.0878 e. The lowest BCUT2D eigenvalue weighted by Crippen LogP contribution is -2.39. The SMILES string of the molecule is CC#CCCC(O)C(OC)C(C)(C)C. The zero-order chi connectivity index (χ0) is 11.2. The predicted octanol–water partition coefficient (Wildman–Crippen LogP) is 2.21. The van der Waals surface area contributed by atoms with Crippen molar-refractivity contribution < 1.29 is 9.84 Å². The molecule has 2 unspecified atom stereocenters. The number of ether oxygens (including phenoxy) is 1. The van der Waals surface area contributed by atoms with Crippen LogP contribution in [0.4, 0.5) is 0 Å². The van der Waals surface area contributed by atoms with Crippen LogP contribution in [0.2, 0.25) is 0 Å². The molecule has 0 fully saturated rings. The first-order chi connectivity index (χ1) is 6.43. The average Bonchev–Trinajstić information content (AvgIpc) is 2.03. The predicted molar refractivity (Wildman–Crippen MR) is 58.9 cm³/mol. The largest absolute Gasteiger partial charge is 0.390 e. The van der Waals surface area contributed by atoms with E-state index < -0.39 is 6.10 Å². The van der Waals surface area contributed by atoms with Crippen molar-refractivity contribution in [1.82, 2.24) is 0 Å². The summed E-state index contributed by atoms with van der Waals surface area (Å²) < 4.78 is 5.31. The van der Waals surface area contributed by atoms with Gasteiger partial charge in [0, 0.05) is 13.5 Å². The second kappa shape index (κ2) is 6.06. The van der Waals surface area contributed by atoms with Crippen LogP contribution in [0.25, 0.3) is 0 Å². The Kier molecular flexibility index (Phi) is 5.83. The number of hydrogen-bond acceptors (Lipinski definition) is 2. The molecule has 0 saturated carbocycles. The van der Waals surface area contributed by atoms with Crippen LogP contribution in [-0.4, -0.2) is 24.4 Å². The molecule has 2 nitrogen and oxygen atoms in total. The minimum Gasteiger partial charge on any atom is -0.390 e. The van der Waals surface area contributed by atoms with Gasteiger partial charge in [0.2, 0.25) is 0 Å². The van der Waals surface area contributed by atoms with Gasteiger partial charge in [-0.2, -0.15) is 0 Å². The molecule has 0 aliphatic carbocycles. The van der Waals surface area contributed by atoms with Crippen molar-refractivity contribution in [2.24, 2.45) is 5.41 Å². The highest BCUT2D eigenvalue weighted by atomic mass is 16.5. The molecule has 0 amide bonds. The van der Waals surface area contributed by atoms with Crippen molar-refractivity contribution in [3.8, 4) is 11.8 Å². The molecule has 1 N–H and O–H groups in total. The summed E-state index contributed by atoms with van der Waals surface area (Å²) in [7, 11) is 1.64. The molecule has 0 saturated heterocycles. The van der Waals surface area contributed by atoms with Crippen molar-refractivity contribution in [3.05, 3.63) is 0 Å². The van der Waals surface area contributed by atoms with Gasteiger partial charge in [0.25, 0.3) is 0 Å². The molecule has 0 rings (SSSR count). The monoisotopic (exact) mass is 198 g/mol. The zero-order valence-electron chi connectivity index (χ0n) is 9.92. The first-order valence-corrected chi connectivity index (χ1v) is 5.04. The van der Waals surface area contributed by atoms with E-state index in [1.54, 1.807) is 7.11 Å². The van der Waals surface area contributed by atoms with Crippen LogP contribution in [0.15, 0.2) is 0 Å². The molecular weight excluding hydrogens is 176 g/mol. The first-order valence-electron chi connectivity index (χ1n) is 5.04. The van der Waals surface area contributed by atoms with Gasteiger partial charge in [0.15, 0.2) is 0 Å². The Labute approximate surface area is 87.7 Å². The fourth-order valence-electron chi connectivity index (χ4n) is 1.58. The van der Waals surface area contributed by atoms with Crippen molar-refractivity contribution >= 4 is 0 Å². The summed E-state index contributed by atoms with van der Waals surface area (Å²) in [5.74, 6) is 5.76. The van der Waals surface area contributed by atoms with Crippen molar-refractivity contribution in [2.45, 2.75) is 52.7 Å². The van der Waals surface area contributed by atoms with Crippen LogP contribution in [0.5, 0.6) is 0 Å². The van der Waals surface area contributed by atoms with Crippen molar-refractivity contribution in [2.75, 3.05) is 7.11 Å². The molecule has 0 bridgehead atoms. The Morgan fingerprint density at radius 1 is 1.36 bits per heavy atom. The first kappa shape index (κ1) is 13.5. The number of aliphatic hydroxyl groups excluding tert-OH is 1. The van der Waals surface area contributed by atoms with E-state index in [1.165, 1.54) is 0 Å². The van der Waals surface area contributed by atoms with E-state index in [0.717, 1.165) is 6.42 Å². The van der Waals surface area contributed by atoms with Gasteiger partial charge in [-0.15, -0.1) is 11.8 Å². The minimum absolute atomic E-state index is 0.0339. The van der Waals surface area contributed by atoms with Crippen LogP contribution >= 0.6 is 0 Å². The van der Waals surface area contributed by atoms with Gasteiger partial charge in [-0.25, -0.2) is 0 Å². The van der Waals surface area contributed by atoms with E-state index in [-0.39, 0.29) is 11.5 Å². The van der Waals surface area contributed by atoms with Gasteiger partial charge in [-0.1, -0.05) is 20.8 Å². The number of aliphatic hydroxyl groups is 1. The Morgan fingerprint density at radius 2 is 1.93 bits per heavy atom. The second-order valence-electron chi connectivity index (χ2n) is 4.56. The molecule has 0 aromatic rings. The molecule has 2 atom stereocenters. The third-order valence-electron chi connectivity index (χ3n) is 2.20. The molecular formula is C12H22O2. The van der Waals surface area contributed by atoms with Crippen molar-refractivity contribution in [1.29, 1.82) is 0 Å². The highest BCUT2D eigenvalue weighted by Crippen LogP contribution is 2.26. The normalized spacial score (nSPS) is 15.6. The van der Waals surface area contributed by atoms with Gasteiger partial charge < -0.3 is 9.84 Å². The highest BCUT2D eigenvalue weighted by molar-refractivity contribution is 4.96. The maximum atomic E-state index is 9.88. The molecule has 0 heterocycles. The highest BCUT2D eigenvalue weighted by Gasteiger charge is 2.30. The van der Waals surface area contributed by atoms with E-state index in [9.17, 15) is 5.11 Å². The molecule has 0 aromatic carbocycles. The average molecular weight is 198 g/mol. The molecule has 0 aliphatic heterocycles. The lowest BCUT2D eigenvalue weighted by Gasteiger charge is -2.33. The van der Waals surface area contributed by atoms with E-state index in [2.05, 4.69) is 32.6 Å². The number of methoxy groups -OCH3 is 1. The van der Waals surface area contributed by atoms with Gasteiger partial charge in [-0.3, -0.25) is 0 Å². The van der Waals surface area contributed by atoms with Crippen LogP contribution in [0.3, 0.4) is 0 Å². The van der Waals surface area contributed by atoms with Crippen molar-refractivity contribution in [3.63, 3.8) is 0 Å². The molecule has 0 spiro atoms. The Hall–Kier alpha value is -0.520. The summed E-state index contributed by atoms with van der Waals surface area (Å²) in [4.78, 5) is 0. The summed E-state index contributed by atoms with van der Waals surface area (Å²) in [6.07, 6.45) is 0.853. The van der Waals surface area contributed by atoms with Gasteiger partial charge in [0.1, 0.15) is 0 Å². The van der Waals surface area contributed by atoms with Crippen LogP contribution < -0.4 is 0 Å². The summed E-state index contributed by atoms with van der Waals surface area (Å²) in [5.41, 5.74) is -0.0339. The summed E-state index contributed by atoms with van der Waals surface area (Å²) in [5, 5.41) is 9.88. The lowest BCUT2D eigenvalue weighted by atomic mass is 9.84. The van der Waals surface area contributed by atoms with Crippen LogP contribution in [-0.2, 0) is 4.74 Å². The third-order valence-corrected chi connectivity index (χ3v) is 2.20. The fourth-order valence-corrected chi connectivity index (χ4v) is 1.58. The molecule has 82 valence electrons. The molecule has 0 radical (unpaired) electrons. The summed E-state index contributed by atoms with van der Waals surface area (Å²) in [6, 6.07) is 0. The molecule has 0 aliphatic rings. The molecule has 0 aromatic heterocycles. The standard InChI is InChI=1S/C12H22O2/c1-6-7-8-9-10(13)11(14-5)12(2,3)4/h10-11,13H,8-9H2,1-5H3. The third kappa shape index (κ3) is 4.64. The Morgan fingerprint density at radius 3 is 2.29 bits per heavy atom. The van der Waals surface area contributed by atoms with E-state index in [0.29, 0.717) is 6.42 Å². The van der Waals surface area contributed by atoms with E-state index >= 15 is 0 Å². The lowest BCUT2D eigenvalue weighted by molar-refractivity contribution is -0.0725. The Balaban J connectivity index is 4.16. The Bertz CT molecular complexity index is 205. The second-order valence-corrected chi connectivity index (χ2v) is 4.56. The van der Waals surface area contributed by atoms with Crippen LogP contribution in [0.1, 0.15) is 40.5 Å². The van der Waals surface area contributed by atoms with E-state index in [4.69, 9.17) is 4.74 Å². The molecule has 2 heteroatoms. The number of hydrogen-bond donors (Lipinski definition) is 1. The van der Waals surface area contributed by atoms with Gasteiger partial charge in [-0.05, 0) is 18.8 Å². The molecule has 14 heavy (non-hydrogen) atoms. The maximum absolute atomic E-state index is 9.88. The summed E-state index contributed by atoms with van der Waals surface area (Å²) >= 11 is 0. The maximum Gasteiger partial charge on any atom is 0.0878 e.